The molecule has 0 aromatic carbocycles. The minimum atomic E-state index is 0.608. The molecule has 0 saturated carbocycles. The van der Waals surface area contributed by atoms with E-state index in [0.29, 0.717) is 5.59 Å². The van der Waals surface area contributed by atoms with Gasteiger partial charge in [-0.3, -0.25) is 0 Å². The number of pyridine rings is 1. The van der Waals surface area contributed by atoms with E-state index in [2.05, 4.69) is 16.8 Å². The molecule has 0 bridgehead atoms. The second-order valence-electron chi connectivity index (χ2n) is 3.76. The summed E-state index contributed by atoms with van der Waals surface area (Å²) in [7, 11) is 5.62. The van der Waals surface area contributed by atoms with Crippen LogP contribution in [0, 0.1) is 5.92 Å². The zero-order valence-electron chi connectivity index (χ0n) is 7.90. The first-order valence-electron chi connectivity index (χ1n) is 4.73. The summed E-state index contributed by atoms with van der Waals surface area (Å²) in [6.07, 6.45) is 1.26. The fraction of sp³-hybridized carbons (Fsp3) is 0.500. The van der Waals surface area contributed by atoms with Crippen LogP contribution in [0.25, 0.3) is 0 Å². The van der Waals surface area contributed by atoms with E-state index < -0.39 is 0 Å². The maximum Gasteiger partial charge on any atom is 0.141 e. The number of hydrogen-bond donors (Lipinski definition) is 0. The van der Waals surface area contributed by atoms with Gasteiger partial charge < -0.3 is 4.90 Å². The molecule has 66 valence electrons. The van der Waals surface area contributed by atoms with Gasteiger partial charge in [-0.05, 0) is 24.0 Å². The minimum Gasteiger partial charge on any atom is -0.356 e. The van der Waals surface area contributed by atoms with Crippen LogP contribution in [0.3, 0.4) is 0 Å². The first-order valence-corrected chi connectivity index (χ1v) is 4.73. The number of hydrogen-bond acceptors (Lipinski definition) is 2. The van der Waals surface area contributed by atoms with Crippen LogP contribution in [0.15, 0.2) is 18.2 Å². The van der Waals surface area contributed by atoms with Crippen molar-refractivity contribution in [2.24, 2.45) is 5.92 Å². The van der Waals surface area contributed by atoms with Crippen LogP contribution >= 0.6 is 0 Å². The lowest BCUT2D eigenvalue weighted by Crippen LogP contribution is -2.23. The van der Waals surface area contributed by atoms with Gasteiger partial charge in [0, 0.05) is 13.1 Å². The van der Waals surface area contributed by atoms with Crippen LogP contribution in [0.2, 0.25) is 0 Å². The number of rotatable bonds is 1. The summed E-state index contributed by atoms with van der Waals surface area (Å²) in [6.45, 7) is 4.49. The van der Waals surface area contributed by atoms with Crippen LogP contribution in [-0.4, -0.2) is 25.9 Å². The molecule has 2 heterocycles. The van der Waals surface area contributed by atoms with Crippen molar-refractivity contribution in [3.63, 3.8) is 0 Å². The fourth-order valence-electron chi connectivity index (χ4n) is 1.76. The van der Waals surface area contributed by atoms with Crippen LogP contribution < -0.4 is 10.5 Å². The van der Waals surface area contributed by atoms with Gasteiger partial charge in [0.25, 0.3) is 0 Å². The highest BCUT2D eigenvalue weighted by atomic mass is 15.2. The molecule has 13 heavy (non-hydrogen) atoms. The normalized spacial score (nSPS) is 22.2. The van der Waals surface area contributed by atoms with Crippen LogP contribution in [0.5, 0.6) is 0 Å². The van der Waals surface area contributed by atoms with Crippen molar-refractivity contribution in [1.29, 1.82) is 0 Å². The molecular formula is C10H13BN2. The second kappa shape index (κ2) is 3.40. The minimum absolute atomic E-state index is 0.608. The Hall–Kier alpha value is -0.985. The maximum absolute atomic E-state index is 5.62. The van der Waals surface area contributed by atoms with Crippen molar-refractivity contribution in [2.45, 2.75) is 13.3 Å². The van der Waals surface area contributed by atoms with Crippen molar-refractivity contribution in [2.75, 3.05) is 18.0 Å². The van der Waals surface area contributed by atoms with Crippen LogP contribution in [0.4, 0.5) is 5.82 Å². The Bertz CT molecular complexity index is 301. The summed E-state index contributed by atoms with van der Waals surface area (Å²) in [4.78, 5) is 6.59. The lowest BCUT2D eigenvalue weighted by Gasteiger charge is -2.17. The average molecular weight is 172 g/mol. The van der Waals surface area contributed by atoms with Gasteiger partial charge in [0.1, 0.15) is 13.7 Å². The molecule has 2 rings (SSSR count). The molecule has 1 aromatic heterocycles. The highest BCUT2D eigenvalue weighted by Gasteiger charge is 2.19. The summed E-state index contributed by atoms with van der Waals surface area (Å²) in [5.74, 6) is 1.80. The van der Waals surface area contributed by atoms with Gasteiger partial charge in [0.2, 0.25) is 0 Å². The molecule has 1 atom stereocenters. The van der Waals surface area contributed by atoms with E-state index >= 15 is 0 Å². The largest absolute Gasteiger partial charge is 0.356 e. The monoisotopic (exact) mass is 172 g/mol. The average Bonchev–Trinajstić information content (AvgIpc) is 2.52. The van der Waals surface area contributed by atoms with Gasteiger partial charge >= 0.3 is 0 Å². The Morgan fingerprint density at radius 1 is 1.54 bits per heavy atom. The predicted octanol–water partition coefficient (Wildman–Crippen LogP) is 0.722. The van der Waals surface area contributed by atoms with E-state index in [0.717, 1.165) is 24.8 Å². The Labute approximate surface area is 80.4 Å². The van der Waals surface area contributed by atoms with E-state index in [1.165, 1.54) is 6.42 Å². The zero-order valence-corrected chi connectivity index (χ0v) is 7.90. The number of aromatic nitrogens is 1. The summed E-state index contributed by atoms with van der Waals surface area (Å²) in [6, 6.07) is 5.80. The Kier molecular flexibility index (Phi) is 2.25. The smallest absolute Gasteiger partial charge is 0.141 e. The SMILES string of the molecule is [B]c1cccc(N2CC[C@H](C)C2)n1. The first kappa shape index (κ1) is 8.61. The molecule has 3 heteroatoms. The summed E-state index contributed by atoms with van der Waals surface area (Å²) >= 11 is 0. The lowest BCUT2D eigenvalue weighted by atomic mass is 10.0. The standard InChI is InChI=1S/C10H13BN2/c1-8-5-6-13(7-8)10-4-2-3-9(11)12-10/h2-4,8H,5-7H2,1H3/t8-/m0/s1. The van der Waals surface area contributed by atoms with E-state index in [1.54, 1.807) is 0 Å². The van der Waals surface area contributed by atoms with E-state index in [4.69, 9.17) is 7.85 Å². The van der Waals surface area contributed by atoms with Gasteiger partial charge in [-0.15, -0.1) is 0 Å². The van der Waals surface area contributed by atoms with Crippen molar-refractivity contribution in [3.05, 3.63) is 18.2 Å². The third kappa shape index (κ3) is 1.85. The van der Waals surface area contributed by atoms with Gasteiger partial charge in [-0.1, -0.05) is 19.1 Å². The third-order valence-corrected chi connectivity index (χ3v) is 2.50. The molecule has 0 unspecified atom stereocenters. The molecule has 2 nitrogen and oxygen atoms in total. The molecular weight excluding hydrogens is 159 g/mol. The molecule has 1 saturated heterocycles. The van der Waals surface area contributed by atoms with Crippen molar-refractivity contribution in [1.82, 2.24) is 4.98 Å². The van der Waals surface area contributed by atoms with E-state index in [9.17, 15) is 0 Å². The maximum atomic E-state index is 5.62. The topological polar surface area (TPSA) is 16.1 Å². The van der Waals surface area contributed by atoms with Crippen LogP contribution in [-0.2, 0) is 0 Å². The molecule has 2 radical (unpaired) electrons. The number of nitrogens with zero attached hydrogens (tertiary/aromatic N) is 2. The Balaban J connectivity index is 2.16. The van der Waals surface area contributed by atoms with Crippen LogP contribution in [0.1, 0.15) is 13.3 Å². The van der Waals surface area contributed by atoms with Crippen molar-refractivity contribution >= 4 is 19.3 Å². The van der Waals surface area contributed by atoms with Gasteiger partial charge in [0.15, 0.2) is 0 Å². The molecule has 1 aliphatic heterocycles. The van der Waals surface area contributed by atoms with Gasteiger partial charge in [0.05, 0.1) is 0 Å². The van der Waals surface area contributed by atoms with E-state index in [1.807, 2.05) is 18.2 Å². The van der Waals surface area contributed by atoms with Crippen molar-refractivity contribution in [3.8, 4) is 0 Å². The summed E-state index contributed by atoms with van der Waals surface area (Å²) < 4.78 is 0. The summed E-state index contributed by atoms with van der Waals surface area (Å²) in [5, 5.41) is 0. The molecule has 1 aliphatic rings. The second-order valence-corrected chi connectivity index (χ2v) is 3.76. The Morgan fingerprint density at radius 2 is 2.38 bits per heavy atom. The number of anilines is 1. The Morgan fingerprint density at radius 3 is 3.00 bits per heavy atom. The highest BCUT2D eigenvalue weighted by Crippen LogP contribution is 2.20. The van der Waals surface area contributed by atoms with Crippen molar-refractivity contribution < 1.29 is 0 Å². The molecule has 0 N–H and O–H groups in total. The zero-order chi connectivity index (χ0) is 9.26. The third-order valence-electron chi connectivity index (χ3n) is 2.50. The lowest BCUT2D eigenvalue weighted by molar-refractivity contribution is 0.659. The highest BCUT2D eigenvalue weighted by molar-refractivity contribution is 6.30. The van der Waals surface area contributed by atoms with Gasteiger partial charge in [-0.2, -0.15) is 0 Å². The molecule has 1 aromatic rings. The van der Waals surface area contributed by atoms with Gasteiger partial charge in [-0.25, -0.2) is 4.98 Å². The quantitative estimate of drug-likeness (QED) is 0.580. The molecule has 1 fully saturated rings. The predicted molar refractivity (Wildman–Crippen MR) is 55.6 cm³/mol. The molecule has 0 amide bonds. The molecule has 0 spiro atoms. The first-order chi connectivity index (χ1) is 6.25. The fourth-order valence-corrected chi connectivity index (χ4v) is 1.76. The molecule has 0 aliphatic carbocycles. The van der Waals surface area contributed by atoms with E-state index in [-0.39, 0.29) is 0 Å². The summed E-state index contributed by atoms with van der Waals surface area (Å²) in [5.41, 5.74) is 0.608.